The van der Waals surface area contributed by atoms with Crippen LogP contribution in [0.2, 0.25) is 0 Å². The van der Waals surface area contributed by atoms with Crippen LogP contribution >= 0.6 is 0 Å². The van der Waals surface area contributed by atoms with Crippen LogP contribution in [0.5, 0.6) is 0 Å². The Morgan fingerprint density at radius 3 is 2.75 bits per heavy atom. The molecule has 0 aromatic heterocycles. The molecule has 2 saturated heterocycles. The van der Waals surface area contributed by atoms with Crippen LogP contribution in [0.3, 0.4) is 0 Å². The van der Waals surface area contributed by atoms with E-state index in [4.69, 9.17) is 0 Å². The number of hydrogen-bond acceptors (Lipinski definition) is 3. The predicted octanol–water partition coefficient (Wildman–Crippen LogP) is 2.62. The smallest absolute Gasteiger partial charge is 0.0107 e. The summed E-state index contributed by atoms with van der Waals surface area (Å²) in [5.41, 5.74) is 0. The predicted molar refractivity (Wildman–Crippen MR) is 87.2 cm³/mol. The summed E-state index contributed by atoms with van der Waals surface area (Å²) in [7, 11) is 0. The van der Waals surface area contributed by atoms with Crippen molar-refractivity contribution < 1.29 is 0 Å². The van der Waals surface area contributed by atoms with Gasteiger partial charge >= 0.3 is 0 Å². The molecule has 2 heterocycles. The Balaban J connectivity index is 1.54. The van der Waals surface area contributed by atoms with E-state index in [1.54, 1.807) is 0 Å². The zero-order chi connectivity index (χ0) is 14.2. The van der Waals surface area contributed by atoms with Crippen molar-refractivity contribution in [1.82, 2.24) is 15.5 Å². The van der Waals surface area contributed by atoms with Crippen molar-refractivity contribution in [2.45, 2.75) is 70.9 Å². The van der Waals surface area contributed by atoms with Crippen LogP contribution in [0.25, 0.3) is 0 Å². The minimum Gasteiger partial charge on any atom is -0.314 e. The average molecular weight is 281 g/mol. The van der Waals surface area contributed by atoms with Gasteiger partial charge in [-0.25, -0.2) is 0 Å². The molecular formula is C17H35N3. The number of nitrogens with zero attached hydrogens (tertiary/aromatic N) is 1. The van der Waals surface area contributed by atoms with Crippen molar-refractivity contribution in [3.63, 3.8) is 0 Å². The Hall–Kier alpha value is -0.120. The van der Waals surface area contributed by atoms with Crippen molar-refractivity contribution in [3.05, 3.63) is 0 Å². The normalized spacial score (nSPS) is 28.2. The van der Waals surface area contributed by atoms with E-state index in [1.165, 1.54) is 71.1 Å². The lowest BCUT2D eigenvalue weighted by Crippen LogP contribution is -2.42. The van der Waals surface area contributed by atoms with Gasteiger partial charge in [-0.1, -0.05) is 19.8 Å². The number of hydrogen-bond donors (Lipinski definition) is 2. The van der Waals surface area contributed by atoms with Crippen LogP contribution in [0.1, 0.15) is 58.8 Å². The number of piperidine rings is 1. The molecule has 118 valence electrons. The van der Waals surface area contributed by atoms with E-state index in [1.807, 2.05) is 0 Å². The zero-order valence-electron chi connectivity index (χ0n) is 13.7. The van der Waals surface area contributed by atoms with E-state index in [0.29, 0.717) is 6.04 Å². The van der Waals surface area contributed by atoms with Crippen molar-refractivity contribution in [2.24, 2.45) is 5.92 Å². The molecule has 0 bridgehead atoms. The first-order valence-electron chi connectivity index (χ1n) is 8.93. The van der Waals surface area contributed by atoms with Crippen molar-refractivity contribution in [1.29, 1.82) is 0 Å². The first-order chi connectivity index (χ1) is 9.74. The van der Waals surface area contributed by atoms with E-state index >= 15 is 0 Å². The summed E-state index contributed by atoms with van der Waals surface area (Å²) in [6, 6.07) is 1.39. The maximum Gasteiger partial charge on any atom is 0.0107 e. The van der Waals surface area contributed by atoms with Gasteiger partial charge in [-0.3, -0.25) is 0 Å². The molecule has 0 aromatic carbocycles. The molecule has 0 aliphatic carbocycles. The highest BCUT2D eigenvalue weighted by atomic mass is 15.1. The van der Waals surface area contributed by atoms with E-state index in [-0.39, 0.29) is 0 Å². The molecule has 0 spiro atoms. The van der Waals surface area contributed by atoms with E-state index in [2.05, 4.69) is 29.4 Å². The maximum atomic E-state index is 3.73. The third-order valence-electron chi connectivity index (χ3n) is 5.10. The van der Waals surface area contributed by atoms with Gasteiger partial charge < -0.3 is 15.5 Å². The van der Waals surface area contributed by atoms with Crippen molar-refractivity contribution in [2.75, 3.05) is 32.7 Å². The molecule has 3 heteroatoms. The van der Waals surface area contributed by atoms with Crippen LogP contribution in [0, 0.1) is 5.92 Å². The summed E-state index contributed by atoms with van der Waals surface area (Å²) in [6.07, 6.45) is 9.64. The molecular weight excluding hydrogens is 246 g/mol. The number of nitrogens with one attached hydrogen (secondary N) is 2. The van der Waals surface area contributed by atoms with Gasteiger partial charge in [-0.15, -0.1) is 0 Å². The molecule has 20 heavy (non-hydrogen) atoms. The second kappa shape index (κ2) is 9.01. The fourth-order valence-electron chi connectivity index (χ4n) is 3.57. The zero-order valence-corrected chi connectivity index (χ0v) is 13.7. The molecule has 2 aliphatic rings. The van der Waals surface area contributed by atoms with Crippen LogP contribution in [-0.2, 0) is 0 Å². The third-order valence-corrected chi connectivity index (χ3v) is 5.10. The van der Waals surface area contributed by atoms with Gasteiger partial charge in [0.2, 0.25) is 0 Å². The summed E-state index contributed by atoms with van der Waals surface area (Å²) in [5.74, 6) is 0.944. The lowest BCUT2D eigenvalue weighted by atomic mass is 9.99. The molecule has 3 nitrogen and oxygen atoms in total. The number of rotatable bonds is 6. The van der Waals surface area contributed by atoms with Gasteiger partial charge in [0, 0.05) is 25.2 Å². The quantitative estimate of drug-likeness (QED) is 0.784. The van der Waals surface area contributed by atoms with Crippen LogP contribution < -0.4 is 10.6 Å². The van der Waals surface area contributed by atoms with E-state index in [0.717, 1.165) is 18.5 Å². The molecule has 0 amide bonds. The topological polar surface area (TPSA) is 27.3 Å². The highest BCUT2D eigenvalue weighted by molar-refractivity contribution is 4.77. The van der Waals surface area contributed by atoms with E-state index in [9.17, 15) is 0 Å². The van der Waals surface area contributed by atoms with Gasteiger partial charge in [0.05, 0.1) is 0 Å². The van der Waals surface area contributed by atoms with E-state index < -0.39 is 0 Å². The first-order valence-corrected chi connectivity index (χ1v) is 8.93. The summed E-state index contributed by atoms with van der Waals surface area (Å²) in [6.45, 7) is 11.0. The maximum absolute atomic E-state index is 3.73. The lowest BCUT2D eigenvalue weighted by molar-refractivity contribution is 0.190. The molecule has 2 N–H and O–H groups in total. The minimum absolute atomic E-state index is 0.648. The van der Waals surface area contributed by atoms with Gasteiger partial charge in [0.15, 0.2) is 0 Å². The van der Waals surface area contributed by atoms with Crippen LogP contribution in [0.15, 0.2) is 0 Å². The second-order valence-electron chi connectivity index (χ2n) is 7.12. The average Bonchev–Trinajstić information content (AvgIpc) is 2.70. The molecule has 2 atom stereocenters. The monoisotopic (exact) mass is 281 g/mol. The molecule has 2 fully saturated rings. The molecule has 2 unspecified atom stereocenters. The Labute approximate surface area is 125 Å². The fourth-order valence-corrected chi connectivity index (χ4v) is 3.57. The Kier molecular flexibility index (Phi) is 7.32. The summed E-state index contributed by atoms with van der Waals surface area (Å²) in [5, 5.41) is 7.43. The largest absolute Gasteiger partial charge is 0.314 e. The molecule has 0 saturated carbocycles. The Morgan fingerprint density at radius 1 is 1.15 bits per heavy atom. The first kappa shape index (κ1) is 16.3. The molecule has 0 radical (unpaired) electrons. The van der Waals surface area contributed by atoms with Crippen LogP contribution in [0.4, 0.5) is 0 Å². The van der Waals surface area contributed by atoms with Crippen LogP contribution in [-0.4, -0.2) is 49.7 Å². The SMILES string of the molecule is CC1CCN(CCNC(C)CC2CCCCCN2)CC1. The Bertz CT molecular complexity index is 241. The molecule has 2 aliphatic heterocycles. The highest BCUT2D eigenvalue weighted by Gasteiger charge is 2.17. The van der Waals surface area contributed by atoms with Gasteiger partial charge in [0.1, 0.15) is 0 Å². The Morgan fingerprint density at radius 2 is 1.95 bits per heavy atom. The lowest BCUT2D eigenvalue weighted by Gasteiger charge is -2.30. The van der Waals surface area contributed by atoms with Gasteiger partial charge in [-0.2, -0.15) is 0 Å². The summed E-state index contributed by atoms with van der Waals surface area (Å²) in [4.78, 5) is 2.63. The number of likely N-dealkylation sites (tertiary alicyclic amines) is 1. The molecule has 0 aromatic rings. The summed E-state index contributed by atoms with van der Waals surface area (Å²) < 4.78 is 0. The minimum atomic E-state index is 0.648. The van der Waals surface area contributed by atoms with Crippen molar-refractivity contribution in [3.8, 4) is 0 Å². The van der Waals surface area contributed by atoms with Gasteiger partial charge in [0.25, 0.3) is 0 Å². The van der Waals surface area contributed by atoms with Crippen molar-refractivity contribution >= 4 is 0 Å². The summed E-state index contributed by atoms with van der Waals surface area (Å²) >= 11 is 0. The second-order valence-corrected chi connectivity index (χ2v) is 7.12. The molecule has 2 rings (SSSR count). The fraction of sp³-hybridized carbons (Fsp3) is 1.00. The van der Waals surface area contributed by atoms with Gasteiger partial charge in [-0.05, 0) is 64.6 Å². The highest BCUT2D eigenvalue weighted by Crippen LogP contribution is 2.15. The third kappa shape index (κ3) is 6.11. The standard InChI is InChI=1S/C17H35N3/c1-15-7-11-20(12-8-15)13-10-18-16(2)14-17-6-4-3-5-9-19-17/h15-19H,3-14H2,1-2H3.